The van der Waals surface area contributed by atoms with E-state index < -0.39 is 24.2 Å². The predicted molar refractivity (Wildman–Crippen MR) is 58.6 cm³/mol. The molecule has 0 aliphatic heterocycles. The van der Waals surface area contributed by atoms with Crippen molar-refractivity contribution in [2.75, 3.05) is 0 Å². The van der Waals surface area contributed by atoms with Gasteiger partial charge in [0.15, 0.2) is 0 Å². The predicted octanol–water partition coefficient (Wildman–Crippen LogP) is 2.74. The molecule has 0 radical (unpaired) electrons. The van der Waals surface area contributed by atoms with Crippen LogP contribution in [0.2, 0.25) is 13.1 Å². The van der Waals surface area contributed by atoms with Crippen LogP contribution in [-0.2, 0) is 18.4 Å². The van der Waals surface area contributed by atoms with Crippen LogP contribution >= 0.6 is 0 Å². The molecule has 0 aromatic rings. The SMILES string of the molecule is C=C(O[Si](C)(C)OS(=O)(=O)C(F)(F)F)C(C)C. The summed E-state index contributed by atoms with van der Waals surface area (Å²) in [5.74, 6) is 0.0537. The highest BCUT2D eigenvalue weighted by atomic mass is 32.2. The Labute approximate surface area is 99.8 Å². The molecule has 0 aliphatic carbocycles. The number of allylic oxidation sites excluding steroid dienone is 1. The maximum Gasteiger partial charge on any atom is 0.522 e. The molecule has 0 saturated heterocycles. The van der Waals surface area contributed by atoms with Gasteiger partial charge in [0, 0.05) is 5.92 Å². The molecule has 0 spiro atoms. The second kappa shape index (κ2) is 4.98. The molecule has 0 N–H and O–H groups in total. The summed E-state index contributed by atoms with van der Waals surface area (Å²) in [4.78, 5) is 0. The Morgan fingerprint density at radius 3 is 2.00 bits per heavy atom. The van der Waals surface area contributed by atoms with Gasteiger partial charge in [0.2, 0.25) is 0 Å². The van der Waals surface area contributed by atoms with Crippen LogP contribution < -0.4 is 0 Å². The van der Waals surface area contributed by atoms with Gasteiger partial charge in [-0.1, -0.05) is 20.4 Å². The summed E-state index contributed by atoms with van der Waals surface area (Å²) in [6, 6.07) is 0. The van der Waals surface area contributed by atoms with Crippen molar-refractivity contribution in [2.24, 2.45) is 5.92 Å². The normalized spacial score (nSPS) is 13.9. The maximum atomic E-state index is 12.1. The van der Waals surface area contributed by atoms with Gasteiger partial charge < -0.3 is 4.43 Å². The van der Waals surface area contributed by atoms with Gasteiger partial charge in [-0.05, 0) is 13.1 Å². The Kier molecular flexibility index (Phi) is 4.83. The Morgan fingerprint density at radius 2 is 1.71 bits per heavy atom. The molecule has 17 heavy (non-hydrogen) atoms. The molecule has 0 saturated carbocycles. The number of rotatable bonds is 5. The van der Waals surface area contributed by atoms with Crippen LogP contribution in [0, 0.1) is 5.92 Å². The topological polar surface area (TPSA) is 52.6 Å². The Morgan fingerprint density at radius 1 is 1.29 bits per heavy atom. The molecule has 102 valence electrons. The van der Waals surface area contributed by atoms with E-state index >= 15 is 0 Å². The second-order valence-corrected chi connectivity index (χ2v) is 9.15. The van der Waals surface area contributed by atoms with Gasteiger partial charge in [-0.2, -0.15) is 21.6 Å². The zero-order valence-corrected chi connectivity index (χ0v) is 11.8. The Hall–Kier alpha value is -0.543. The van der Waals surface area contributed by atoms with Crippen LogP contribution in [-0.4, -0.2) is 22.5 Å². The smallest absolute Gasteiger partial charge is 0.522 e. The molecule has 0 atom stereocenters. The molecule has 9 heteroatoms. The molecule has 4 nitrogen and oxygen atoms in total. The van der Waals surface area contributed by atoms with Crippen LogP contribution in [0.3, 0.4) is 0 Å². The van der Waals surface area contributed by atoms with Gasteiger partial charge in [0.1, 0.15) is 0 Å². The number of alkyl halides is 3. The molecule has 0 fully saturated rings. The molecular formula is C8H15F3O4SSi. The zero-order valence-electron chi connectivity index (χ0n) is 9.96. The van der Waals surface area contributed by atoms with E-state index in [1.54, 1.807) is 13.8 Å². The lowest BCUT2D eigenvalue weighted by molar-refractivity contribution is -0.0510. The van der Waals surface area contributed by atoms with E-state index in [1.165, 1.54) is 13.1 Å². The molecule has 0 aromatic carbocycles. The minimum Gasteiger partial charge on any atom is -0.524 e. The molecule has 0 unspecified atom stereocenters. The minimum absolute atomic E-state index is 0.140. The van der Waals surface area contributed by atoms with E-state index in [1.807, 2.05) is 0 Å². The van der Waals surface area contributed by atoms with E-state index in [9.17, 15) is 21.6 Å². The Bertz CT molecular complexity index is 386. The highest BCUT2D eigenvalue weighted by Gasteiger charge is 2.51. The molecule has 0 heterocycles. The second-order valence-electron chi connectivity index (χ2n) is 4.11. The number of halogens is 3. The summed E-state index contributed by atoms with van der Waals surface area (Å²) in [5.41, 5.74) is -5.44. The van der Waals surface area contributed by atoms with Crippen molar-refractivity contribution in [1.29, 1.82) is 0 Å². The molecule has 0 aliphatic rings. The van der Waals surface area contributed by atoms with Gasteiger partial charge >= 0.3 is 24.2 Å². The van der Waals surface area contributed by atoms with Gasteiger partial charge in [-0.3, -0.25) is 3.87 Å². The summed E-state index contributed by atoms with van der Waals surface area (Å²) in [6.45, 7) is 9.31. The average molecular weight is 292 g/mol. The summed E-state index contributed by atoms with van der Waals surface area (Å²) in [5, 5.41) is 0. The first-order valence-corrected chi connectivity index (χ1v) is 8.91. The molecular weight excluding hydrogens is 277 g/mol. The summed E-state index contributed by atoms with van der Waals surface area (Å²) < 4.78 is 67.1. The maximum absolute atomic E-state index is 12.1. The summed E-state index contributed by atoms with van der Waals surface area (Å²) >= 11 is 0. The van der Waals surface area contributed by atoms with Crippen molar-refractivity contribution < 1.29 is 29.9 Å². The van der Waals surface area contributed by atoms with Crippen molar-refractivity contribution in [3.05, 3.63) is 12.3 Å². The standard InChI is InChI=1S/C8H15F3O4SSi/c1-6(2)7(3)14-17(4,5)15-16(12,13)8(9,10)11/h6H,3H2,1-2,4-5H3. The van der Waals surface area contributed by atoms with Crippen molar-refractivity contribution in [3.63, 3.8) is 0 Å². The van der Waals surface area contributed by atoms with Crippen LogP contribution in [0.1, 0.15) is 13.8 Å². The minimum atomic E-state index is -5.63. The van der Waals surface area contributed by atoms with Gasteiger partial charge in [-0.25, -0.2) is 0 Å². The monoisotopic (exact) mass is 292 g/mol. The zero-order chi connectivity index (χ0) is 14.1. The van der Waals surface area contributed by atoms with Gasteiger partial charge in [0.25, 0.3) is 0 Å². The van der Waals surface area contributed by atoms with E-state index in [2.05, 4.69) is 10.5 Å². The average Bonchev–Trinajstić information content (AvgIpc) is 1.97. The lowest BCUT2D eigenvalue weighted by atomic mass is 10.2. The van der Waals surface area contributed by atoms with Crippen LogP contribution in [0.25, 0.3) is 0 Å². The van der Waals surface area contributed by atoms with E-state index in [4.69, 9.17) is 4.43 Å². The molecule has 0 amide bonds. The third-order valence-corrected chi connectivity index (χ3v) is 5.42. The van der Waals surface area contributed by atoms with Crippen LogP contribution in [0.5, 0.6) is 0 Å². The third kappa shape index (κ3) is 5.09. The molecule has 0 bridgehead atoms. The fraction of sp³-hybridized carbons (Fsp3) is 0.750. The number of hydrogen-bond acceptors (Lipinski definition) is 4. The first-order valence-electron chi connectivity index (χ1n) is 4.68. The van der Waals surface area contributed by atoms with E-state index in [0.717, 1.165) is 0 Å². The van der Waals surface area contributed by atoms with Crippen molar-refractivity contribution in [2.45, 2.75) is 32.4 Å². The Balaban J connectivity index is 4.84. The summed E-state index contributed by atoms with van der Waals surface area (Å²) in [7, 11) is -9.11. The molecule has 0 rings (SSSR count). The highest BCUT2D eigenvalue weighted by Crippen LogP contribution is 2.29. The van der Waals surface area contributed by atoms with Gasteiger partial charge in [0.05, 0.1) is 5.76 Å². The van der Waals surface area contributed by atoms with E-state index in [0.29, 0.717) is 0 Å². The van der Waals surface area contributed by atoms with Gasteiger partial charge in [-0.15, -0.1) is 0 Å². The third-order valence-electron chi connectivity index (χ3n) is 1.61. The number of hydrogen-bond donors (Lipinski definition) is 0. The summed E-state index contributed by atoms with van der Waals surface area (Å²) in [6.07, 6.45) is 0. The van der Waals surface area contributed by atoms with E-state index in [-0.39, 0.29) is 11.7 Å². The molecule has 0 aromatic heterocycles. The largest absolute Gasteiger partial charge is 0.524 e. The van der Waals surface area contributed by atoms with Crippen molar-refractivity contribution in [3.8, 4) is 0 Å². The fourth-order valence-electron chi connectivity index (χ4n) is 0.762. The fourth-order valence-corrected chi connectivity index (χ4v) is 4.26. The van der Waals surface area contributed by atoms with Crippen LogP contribution in [0.4, 0.5) is 13.2 Å². The highest BCUT2D eigenvalue weighted by molar-refractivity contribution is 7.88. The lowest BCUT2D eigenvalue weighted by Crippen LogP contribution is -2.41. The van der Waals surface area contributed by atoms with Crippen molar-refractivity contribution >= 4 is 18.7 Å². The first-order chi connectivity index (χ1) is 7.28. The van der Waals surface area contributed by atoms with Crippen LogP contribution in [0.15, 0.2) is 12.3 Å². The quantitative estimate of drug-likeness (QED) is 0.444. The lowest BCUT2D eigenvalue weighted by Gasteiger charge is -2.26. The first kappa shape index (κ1) is 16.5. The van der Waals surface area contributed by atoms with Crippen molar-refractivity contribution in [1.82, 2.24) is 0 Å².